The van der Waals surface area contributed by atoms with Crippen LogP contribution in [0.5, 0.6) is 0 Å². The molecule has 1 heterocycles. The van der Waals surface area contributed by atoms with Crippen LogP contribution in [0.1, 0.15) is 43.7 Å². The molecule has 1 aliphatic heterocycles. The normalized spacial score (nSPS) is 16.9. The van der Waals surface area contributed by atoms with E-state index in [-0.39, 0.29) is 12.4 Å². The average Bonchev–Trinajstić information content (AvgIpc) is 2.68. The zero-order valence-electron chi connectivity index (χ0n) is 16.0. The molecule has 1 N–H and O–H groups in total. The Morgan fingerprint density at radius 3 is 1.93 bits per heavy atom. The molecule has 0 saturated carbocycles. The highest BCUT2D eigenvalue weighted by Crippen LogP contribution is 2.36. The molecule has 3 rings (SSSR count). The molecular formula is C23H29ClN2O. The maximum absolute atomic E-state index is 10.2. The van der Waals surface area contributed by atoms with Crippen molar-refractivity contribution in [3.05, 3.63) is 71.8 Å². The molecule has 2 aromatic carbocycles. The van der Waals surface area contributed by atoms with Crippen LogP contribution in [0.2, 0.25) is 0 Å². The summed E-state index contributed by atoms with van der Waals surface area (Å²) in [5.74, 6) is 0. The van der Waals surface area contributed by atoms with Crippen LogP contribution in [0.3, 0.4) is 0 Å². The molecular weight excluding hydrogens is 356 g/mol. The van der Waals surface area contributed by atoms with Gasteiger partial charge >= 0.3 is 0 Å². The van der Waals surface area contributed by atoms with Gasteiger partial charge in [-0.1, -0.05) is 60.7 Å². The van der Waals surface area contributed by atoms with Crippen LogP contribution < -0.4 is 0 Å². The van der Waals surface area contributed by atoms with Crippen LogP contribution in [0.25, 0.3) is 0 Å². The predicted molar refractivity (Wildman–Crippen MR) is 112 cm³/mol. The number of nitriles is 1. The molecule has 1 saturated heterocycles. The minimum absolute atomic E-state index is 0. The highest BCUT2D eigenvalue weighted by molar-refractivity contribution is 5.85. The standard InChI is InChI=1S/C23H28N2O.ClH/c1-22(26)14-17-25(18-15-22)16-8-13-23(19-24,20-9-4-2-5-10-20)21-11-6-3-7-12-21;/h2-7,9-12,26H,8,13-18H2,1H3;1H. The summed E-state index contributed by atoms with van der Waals surface area (Å²) in [6.45, 7) is 4.77. The fourth-order valence-electron chi connectivity index (χ4n) is 3.91. The van der Waals surface area contributed by atoms with Crippen molar-refractivity contribution < 1.29 is 5.11 Å². The van der Waals surface area contributed by atoms with Crippen LogP contribution >= 0.6 is 12.4 Å². The third-order valence-electron chi connectivity index (χ3n) is 5.68. The van der Waals surface area contributed by atoms with Crippen LogP contribution in [-0.2, 0) is 5.41 Å². The zero-order chi connectivity index (χ0) is 18.5. The first kappa shape index (κ1) is 21.4. The molecule has 0 unspecified atom stereocenters. The summed E-state index contributed by atoms with van der Waals surface area (Å²) < 4.78 is 0. The van der Waals surface area contributed by atoms with Gasteiger partial charge in [0.15, 0.2) is 0 Å². The van der Waals surface area contributed by atoms with Crippen molar-refractivity contribution >= 4 is 12.4 Å². The second-order valence-electron chi connectivity index (χ2n) is 7.69. The van der Waals surface area contributed by atoms with E-state index < -0.39 is 11.0 Å². The number of aliphatic hydroxyl groups is 1. The maximum atomic E-state index is 10.2. The molecule has 0 aliphatic carbocycles. The van der Waals surface area contributed by atoms with Crippen LogP contribution in [0.4, 0.5) is 0 Å². The molecule has 0 aromatic heterocycles. The predicted octanol–water partition coefficient (Wildman–Crippen LogP) is 4.55. The molecule has 1 fully saturated rings. The molecule has 0 atom stereocenters. The van der Waals surface area contributed by atoms with Gasteiger partial charge in [-0.2, -0.15) is 5.26 Å². The van der Waals surface area contributed by atoms with E-state index in [9.17, 15) is 10.4 Å². The molecule has 0 bridgehead atoms. The smallest absolute Gasteiger partial charge is 0.107 e. The van der Waals surface area contributed by atoms with Crippen LogP contribution in [0.15, 0.2) is 60.7 Å². The van der Waals surface area contributed by atoms with Gasteiger partial charge in [0.25, 0.3) is 0 Å². The lowest BCUT2D eigenvalue weighted by atomic mass is 9.72. The van der Waals surface area contributed by atoms with Crippen molar-refractivity contribution in [2.45, 2.75) is 43.6 Å². The monoisotopic (exact) mass is 384 g/mol. The lowest BCUT2D eigenvalue weighted by molar-refractivity contribution is -0.00566. The van der Waals surface area contributed by atoms with Crippen molar-refractivity contribution in [3.8, 4) is 6.07 Å². The molecule has 0 amide bonds. The Kier molecular flexibility index (Phi) is 7.44. The zero-order valence-corrected chi connectivity index (χ0v) is 16.8. The summed E-state index contributed by atoms with van der Waals surface area (Å²) in [4.78, 5) is 2.41. The van der Waals surface area contributed by atoms with Crippen molar-refractivity contribution in [1.82, 2.24) is 4.90 Å². The third-order valence-corrected chi connectivity index (χ3v) is 5.68. The van der Waals surface area contributed by atoms with Gasteiger partial charge in [0.2, 0.25) is 0 Å². The maximum Gasteiger partial charge on any atom is 0.107 e. The second-order valence-corrected chi connectivity index (χ2v) is 7.69. The van der Waals surface area contributed by atoms with E-state index in [1.165, 1.54) is 0 Å². The van der Waals surface area contributed by atoms with Crippen LogP contribution in [-0.4, -0.2) is 35.2 Å². The number of rotatable bonds is 6. The topological polar surface area (TPSA) is 47.3 Å². The highest BCUT2D eigenvalue weighted by atomic mass is 35.5. The Labute approximate surface area is 169 Å². The largest absolute Gasteiger partial charge is 0.390 e. The fraction of sp³-hybridized carbons (Fsp3) is 0.435. The first-order valence-electron chi connectivity index (χ1n) is 9.53. The summed E-state index contributed by atoms with van der Waals surface area (Å²) in [5, 5.41) is 20.3. The molecule has 2 aromatic rings. The molecule has 4 heteroatoms. The van der Waals surface area contributed by atoms with Gasteiger partial charge in [-0.05, 0) is 50.3 Å². The van der Waals surface area contributed by atoms with Crippen molar-refractivity contribution in [3.63, 3.8) is 0 Å². The number of halogens is 1. The molecule has 144 valence electrons. The van der Waals surface area contributed by atoms with Gasteiger partial charge in [0.1, 0.15) is 5.41 Å². The summed E-state index contributed by atoms with van der Waals surface area (Å²) >= 11 is 0. The van der Waals surface area contributed by atoms with E-state index >= 15 is 0 Å². The van der Waals surface area contributed by atoms with Crippen molar-refractivity contribution in [1.29, 1.82) is 5.26 Å². The van der Waals surface area contributed by atoms with E-state index in [1.807, 2.05) is 43.3 Å². The lowest BCUT2D eigenvalue weighted by Crippen LogP contribution is -2.43. The lowest BCUT2D eigenvalue weighted by Gasteiger charge is -2.36. The molecule has 0 spiro atoms. The molecule has 0 radical (unpaired) electrons. The first-order valence-corrected chi connectivity index (χ1v) is 9.53. The quantitative estimate of drug-likeness (QED) is 0.794. The fourth-order valence-corrected chi connectivity index (χ4v) is 3.91. The number of hydrogen-bond donors (Lipinski definition) is 1. The third kappa shape index (κ3) is 5.11. The van der Waals surface area contributed by atoms with Crippen molar-refractivity contribution in [2.75, 3.05) is 19.6 Å². The molecule has 27 heavy (non-hydrogen) atoms. The summed E-state index contributed by atoms with van der Waals surface area (Å²) in [6.07, 6.45) is 3.41. The number of benzene rings is 2. The van der Waals surface area contributed by atoms with Crippen LogP contribution in [0, 0.1) is 11.3 Å². The summed E-state index contributed by atoms with van der Waals surface area (Å²) in [7, 11) is 0. The Morgan fingerprint density at radius 2 is 1.48 bits per heavy atom. The van der Waals surface area contributed by atoms with E-state index in [0.29, 0.717) is 0 Å². The Balaban J connectivity index is 0.00000261. The van der Waals surface area contributed by atoms with E-state index in [1.54, 1.807) is 0 Å². The summed E-state index contributed by atoms with van der Waals surface area (Å²) in [6, 6.07) is 22.9. The highest BCUT2D eigenvalue weighted by Gasteiger charge is 2.34. The van der Waals surface area contributed by atoms with E-state index in [2.05, 4.69) is 35.2 Å². The SMILES string of the molecule is CC1(O)CCN(CCCC(C#N)(c2ccccc2)c2ccccc2)CC1.Cl. The number of piperidine rings is 1. The Bertz CT molecular complexity index is 690. The number of nitrogens with zero attached hydrogens (tertiary/aromatic N) is 2. The first-order chi connectivity index (χ1) is 12.6. The number of likely N-dealkylation sites (tertiary alicyclic amines) is 1. The van der Waals surface area contributed by atoms with Crippen molar-refractivity contribution in [2.24, 2.45) is 0 Å². The van der Waals surface area contributed by atoms with E-state index in [4.69, 9.17) is 0 Å². The second kappa shape index (κ2) is 9.37. The van der Waals surface area contributed by atoms with Gasteiger partial charge < -0.3 is 10.0 Å². The minimum Gasteiger partial charge on any atom is -0.390 e. The van der Waals surface area contributed by atoms with Gasteiger partial charge in [-0.25, -0.2) is 0 Å². The van der Waals surface area contributed by atoms with Gasteiger partial charge in [0, 0.05) is 13.1 Å². The Hall–Kier alpha value is -1.86. The number of hydrogen-bond acceptors (Lipinski definition) is 3. The molecule has 1 aliphatic rings. The summed E-state index contributed by atoms with van der Waals surface area (Å²) in [5.41, 5.74) is 1.01. The van der Waals surface area contributed by atoms with Gasteiger partial charge in [-0.15, -0.1) is 12.4 Å². The Morgan fingerprint density at radius 1 is 1.00 bits per heavy atom. The molecule has 3 nitrogen and oxygen atoms in total. The average molecular weight is 385 g/mol. The van der Waals surface area contributed by atoms with Gasteiger partial charge in [0.05, 0.1) is 11.7 Å². The van der Waals surface area contributed by atoms with E-state index in [0.717, 1.165) is 56.4 Å². The minimum atomic E-state index is -0.607. The van der Waals surface area contributed by atoms with Gasteiger partial charge in [-0.3, -0.25) is 0 Å².